The van der Waals surface area contributed by atoms with Gasteiger partial charge in [-0.25, -0.2) is 4.79 Å². The van der Waals surface area contributed by atoms with Crippen LogP contribution in [0.2, 0.25) is 0 Å². The maximum absolute atomic E-state index is 12.3. The minimum atomic E-state index is -0.929. The minimum absolute atomic E-state index is 0.0784. The van der Waals surface area contributed by atoms with Crippen LogP contribution in [0.5, 0.6) is 0 Å². The zero-order valence-electron chi connectivity index (χ0n) is 14.0. The van der Waals surface area contributed by atoms with Gasteiger partial charge in [0, 0.05) is 38.9 Å². The zero-order chi connectivity index (χ0) is 17.5. The maximum atomic E-state index is 12.3. The third-order valence-corrected chi connectivity index (χ3v) is 4.34. The standard InChI is InChI=1S/C18H24N2O4/c1-13(21)19-10-2-5-17(22)20-11-3-4-16(12-20)14-6-8-15(9-7-14)18(23)24/h6-9,16H,2-5,10-12H2,1H3,(H,19,21)(H,23,24)/t16-/m0/s1. The number of hydrogen-bond donors (Lipinski definition) is 2. The first-order chi connectivity index (χ1) is 11.5. The molecule has 1 aromatic carbocycles. The molecule has 130 valence electrons. The Balaban J connectivity index is 1.87. The molecular formula is C18H24N2O4. The highest BCUT2D eigenvalue weighted by molar-refractivity contribution is 5.87. The van der Waals surface area contributed by atoms with Gasteiger partial charge in [0.05, 0.1) is 5.56 Å². The predicted octanol–water partition coefficient (Wildman–Crippen LogP) is 2.01. The van der Waals surface area contributed by atoms with Crippen molar-refractivity contribution >= 4 is 17.8 Å². The van der Waals surface area contributed by atoms with Crippen molar-refractivity contribution in [3.63, 3.8) is 0 Å². The Morgan fingerprint density at radius 1 is 1.25 bits per heavy atom. The quantitative estimate of drug-likeness (QED) is 0.780. The Hall–Kier alpha value is -2.37. The van der Waals surface area contributed by atoms with E-state index in [0.717, 1.165) is 24.9 Å². The van der Waals surface area contributed by atoms with Crippen molar-refractivity contribution in [1.82, 2.24) is 10.2 Å². The van der Waals surface area contributed by atoms with Gasteiger partial charge in [0.2, 0.25) is 11.8 Å². The Morgan fingerprint density at radius 2 is 1.96 bits per heavy atom. The van der Waals surface area contributed by atoms with Crippen LogP contribution in [0, 0.1) is 0 Å². The summed E-state index contributed by atoms with van der Waals surface area (Å²) in [5, 5.41) is 11.7. The van der Waals surface area contributed by atoms with Crippen molar-refractivity contribution in [3.05, 3.63) is 35.4 Å². The molecule has 1 atom stereocenters. The lowest BCUT2D eigenvalue weighted by Gasteiger charge is -2.33. The molecule has 1 fully saturated rings. The summed E-state index contributed by atoms with van der Waals surface area (Å²) in [7, 11) is 0. The second kappa shape index (κ2) is 8.47. The molecule has 0 spiro atoms. The van der Waals surface area contributed by atoms with Gasteiger partial charge in [0.1, 0.15) is 0 Å². The molecular weight excluding hydrogens is 308 g/mol. The molecule has 1 aliphatic heterocycles. The number of aromatic carboxylic acids is 1. The van der Waals surface area contributed by atoms with Crippen molar-refractivity contribution in [2.24, 2.45) is 0 Å². The molecule has 0 aromatic heterocycles. The van der Waals surface area contributed by atoms with Crippen LogP contribution < -0.4 is 5.32 Å². The third kappa shape index (κ3) is 5.08. The van der Waals surface area contributed by atoms with E-state index in [1.165, 1.54) is 6.92 Å². The Kier molecular flexibility index (Phi) is 6.35. The summed E-state index contributed by atoms with van der Waals surface area (Å²) in [5.41, 5.74) is 1.36. The lowest BCUT2D eigenvalue weighted by atomic mass is 9.90. The summed E-state index contributed by atoms with van der Waals surface area (Å²) >= 11 is 0. The first-order valence-electron chi connectivity index (χ1n) is 8.33. The number of carboxylic acid groups (broad SMARTS) is 1. The molecule has 1 heterocycles. The van der Waals surface area contributed by atoms with E-state index in [4.69, 9.17) is 5.11 Å². The number of likely N-dealkylation sites (tertiary alicyclic amines) is 1. The molecule has 0 unspecified atom stereocenters. The fourth-order valence-corrected chi connectivity index (χ4v) is 3.04. The van der Waals surface area contributed by atoms with Crippen LogP contribution in [0.1, 0.15) is 54.4 Å². The Labute approximate surface area is 141 Å². The summed E-state index contributed by atoms with van der Waals surface area (Å²) in [5.74, 6) is -0.639. The lowest BCUT2D eigenvalue weighted by Crippen LogP contribution is -2.39. The fraction of sp³-hybridized carbons (Fsp3) is 0.500. The topological polar surface area (TPSA) is 86.7 Å². The molecule has 0 aliphatic carbocycles. The van der Waals surface area contributed by atoms with E-state index in [2.05, 4.69) is 5.32 Å². The van der Waals surface area contributed by atoms with E-state index >= 15 is 0 Å². The van der Waals surface area contributed by atoms with E-state index in [9.17, 15) is 14.4 Å². The zero-order valence-corrected chi connectivity index (χ0v) is 14.0. The van der Waals surface area contributed by atoms with Gasteiger partial charge in [0.15, 0.2) is 0 Å². The van der Waals surface area contributed by atoms with Gasteiger partial charge in [-0.1, -0.05) is 12.1 Å². The SMILES string of the molecule is CC(=O)NCCCC(=O)N1CCC[C@H](c2ccc(C(=O)O)cc2)C1. The van der Waals surface area contributed by atoms with Crippen LogP contribution in [0.3, 0.4) is 0 Å². The molecule has 2 N–H and O–H groups in total. The summed E-state index contributed by atoms with van der Waals surface area (Å²) < 4.78 is 0. The number of carbonyl (C=O) groups is 3. The normalized spacial score (nSPS) is 17.4. The van der Waals surface area contributed by atoms with Crippen LogP contribution in [0.4, 0.5) is 0 Å². The first kappa shape index (κ1) is 18.0. The van der Waals surface area contributed by atoms with Gasteiger partial charge in [-0.3, -0.25) is 9.59 Å². The molecule has 0 bridgehead atoms. The lowest BCUT2D eigenvalue weighted by molar-refractivity contribution is -0.132. The fourth-order valence-electron chi connectivity index (χ4n) is 3.04. The number of carbonyl (C=O) groups excluding carboxylic acids is 2. The van der Waals surface area contributed by atoms with Gasteiger partial charge in [-0.05, 0) is 37.0 Å². The number of benzene rings is 1. The summed E-state index contributed by atoms with van der Waals surface area (Å²) in [6.45, 7) is 3.43. The monoisotopic (exact) mass is 332 g/mol. The molecule has 1 saturated heterocycles. The molecule has 1 aliphatic rings. The van der Waals surface area contributed by atoms with Gasteiger partial charge < -0.3 is 15.3 Å². The molecule has 0 radical (unpaired) electrons. The highest BCUT2D eigenvalue weighted by atomic mass is 16.4. The van der Waals surface area contributed by atoms with Crippen LogP contribution in [0.15, 0.2) is 24.3 Å². The van der Waals surface area contributed by atoms with E-state index in [1.54, 1.807) is 12.1 Å². The highest BCUT2D eigenvalue weighted by Crippen LogP contribution is 2.27. The van der Waals surface area contributed by atoms with Gasteiger partial charge in [0.25, 0.3) is 0 Å². The van der Waals surface area contributed by atoms with Crippen molar-refractivity contribution < 1.29 is 19.5 Å². The van der Waals surface area contributed by atoms with Crippen molar-refractivity contribution in [1.29, 1.82) is 0 Å². The van der Waals surface area contributed by atoms with Gasteiger partial charge >= 0.3 is 5.97 Å². The van der Waals surface area contributed by atoms with Crippen LogP contribution in [-0.4, -0.2) is 47.4 Å². The summed E-state index contributed by atoms with van der Waals surface area (Å²) in [6, 6.07) is 6.93. The number of piperidine rings is 1. The maximum Gasteiger partial charge on any atom is 0.335 e. The number of carboxylic acids is 1. The van der Waals surface area contributed by atoms with Gasteiger partial charge in [-0.2, -0.15) is 0 Å². The van der Waals surface area contributed by atoms with E-state index in [-0.39, 0.29) is 23.3 Å². The molecule has 6 nitrogen and oxygen atoms in total. The first-order valence-corrected chi connectivity index (χ1v) is 8.33. The predicted molar refractivity (Wildman–Crippen MR) is 89.9 cm³/mol. The highest BCUT2D eigenvalue weighted by Gasteiger charge is 2.24. The van der Waals surface area contributed by atoms with E-state index < -0.39 is 5.97 Å². The van der Waals surface area contributed by atoms with Crippen LogP contribution >= 0.6 is 0 Å². The summed E-state index contributed by atoms with van der Waals surface area (Å²) in [4.78, 5) is 35.9. The molecule has 1 aromatic rings. The van der Waals surface area contributed by atoms with E-state index in [0.29, 0.717) is 25.9 Å². The molecule has 24 heavy (non-hydrogen) atoms. The third-order valence-electron chi connectivity index (χ3n) is 4.34. The van der Waals surface area contributed by atoms with Crippen molar-refractivity contribution in [3.8, 4) is 0 Å². The second-order valence-corrected chi connectivity index (χ2v) is 6.19. The largest absolute Gasteiger partial charge is 0.478 e. The average Bonchev–Trinajstić information content (AvgIpc) is 2.58. The molecule has 0 saturated carbocycles. The van der Waals surface area contributed by atoms with Gasteiger partial charge in [-0.15, -0.1) is 0 Å². The number of hydrogen-bond acceptors (Lipinski definition) is 3. The second-order valence-electron chi connectivity index (χ2n) is 6.19. The number of nitrogens with one attached hydrogen (secondary N) is 1. The van der Waals surface area contributed by atoms with Crippen LogP contribution in [0.25, 0.3) is 0 Å². The Morgan fingerprint density at radius 3 is 2.58 bits per heavy atom. The minimum Gasteiger partial charge on any atom is -0.478 e. The summed E-state index contributed by atoms with van der Waals surface area (Å²) in [6.07, 6.45) is 3.03. The average molecular weight is 332 g/mol. The molecule has 2 rings (SSSR count). The van der Waals surface area contributed by atoms with Crippen LogP contribution in [-0.2, 0) is 9.59 Å². The Bertz CT molecular complexity index is 598. The molecule has 6 heteroatoms. The molecule has 2 amide bonds. The van der Waals surface area contributed by atoms with Crippen molar-refractivity contribution in [2.75, 3.05) is 19.6 Å². The smallest absolute Gasteiger partial charge is 0.335 e. The van der Waals surface area contributed by atoms with E-state index in [1.807, 2.05) is 17.0 Å². The van der Waals surface area contributed by atoms with Crippen molar-refractivity contribution in [2.45, 2.75) is 38.5 Å². The number of rotatable bonds is 6. The number of amides is 2. The number of nitrogens with zero attached hydrogens (tertiary/aromatic N) is 1.